The molecule has 1 aliphatic rings. The van der Waals surface area contributed by atoms with Gasteiger partial charge >= 0.3 is 25.5 Å². The minimum Gasteiger partial charge on any atom is -0.453 e. The molecule has 0 spiro atoms. The molecule has 1 aromatic rings. The number of carbonyl (C=O) groups excluding carboxylic acids is 2. The molecule has 1 saturated heterocycles. The molecule has 5 atom stereocenters. The number of rotatable bonds is 8. The number of likely N-dealkylation sites (N-methyl/N-ethyl adjacent to an activating group) is 1. The number of nitrogens with one attached hydrogen (secondary N) is 2. The number of halogens is 2. The summed E-state index contributed by atoms with van der Waals surface area (Å²) in [5, 5.41) is 14.1. The second-order valence-electron chi connectivity index (χ2n) is 7.17. The van der Waals surface area contributed by atoms with Gasteiger partial charge < -0.3 is 24.4 Å². The van der Waals surface area contributed by atoms with Crippen molar-refractivity contribution in [2.75, 3.05) is 33.1 Å². The fourth-order valence-corrected chi connectivity index (χ4v) is 3.84. The number of alkyl halides is 2. The standard InChI is InChI=1S/C16H24F2N5O9P/c1-8(12(25)22(2)3)21-33(28,29)31-7-9-11(24)16(17,18)13(32-9)23-6-5-10(19-14(23)26)20-15(27)30-4/h5-6,8-9,11,13,24H,7H2,1-4H3,(H2,21,28,29)(H,19,20,26,27)/t8-,9+,11+,13+/m0/s1. The van der Waals surface area contributed by atoms with Gasteiger partial charge in [0.1, 0.15) is 11.9 Å². The van der Waals surface area contributed by atoms with Gasteiger partial charge in [-0.1, -0.05) is 0 Å². The number of hydrogen-bond acceptors (Lipinski definition) is 9. The minimum absolute atomic E-state index is 0.279. The molecule has 1 fully saturated rings. The number of methoxy groups -OCH3 is 1. The van der Waals surface area contributed by atoms with Crippen molar-refractivity contribution < 1.29 is 46.9 Å². The summed E-state index contributed by atoms with van der Waals surface area (Å²) in [4.78, 5) is 49.5. The zero-order valence-corrected chi connectivity index (χ0v) is 18.9. The lowest BCUT2D eigenvalue weighted by molar-refractivity contribution is -0.140. The summed E-state index contributed by atoms with van der Waals surface area (Å²) in [6.45, 7) is 0.318. The highest BCUT2D eigenvalue weighted by Gasteiger charge is 2.60. The molecular weight excluding hydrogens is 475 g/mol. The van der Waals surface area contributed by atoms with Crippen LogP contribution in [0.1, 0.15) is 13.2 Å². The Kier molecular flexibility index (Phi) is 8.27. The predicted octanol–water partition coefficient (Wildman–Crippen LogP) is -0.501. The number of nitrogens with zero attached hydrogens (tertiary/aromatic N) is 3. The molecule has 0 saturated carbocycles. The minimum atomic E-state index is -4.65. The SMILES string of the molecule is COC(=O)Nc1ccn([C@@H]2O[C@H](COP(=O)(O)N[C@@H](C)C(=O)N(C)C)[C@@H](O)C2(F)F)c(=O)n1. The molecule has 33 heavy (non-hydrogen) atoms. The third-order valence-corrected chi connectivity index (χ3v) is 5.67. The first-order chi connectivity index (χ1) is 15.2. The van der Waals surface area contributed by atoms with Gasteiger partial charge in [0.05, 0.1) is 19.8 Å². The fourth-order valence-electron chi connectivity index (χ4n) is 2.82. The Morgan fingerprint density at radius 3 is 2.64 bits per heavy atom. The quantitative estimate of drug-likeness (QED) is 0.339. The van der Waals surface area contributed by atoms with Crippen LogP contribution in [0.2, 0.25) is 0 Å². The maximum Gasteiger partial charge on any atom is 0.412 e. The first-order valence-corrected chi connectivity index (χ1v) is 10.9. The van der Waals surface area contributed by atoms with E-state index in [1.165, 1.54) is 21.0 Å². The van der Waals surface area contributed by atoms with Crippen LogP contribution in [0.25, 0.3) is 0 Å². The van der Waals surface area contributed by atoms with E-state index in [0.717, 1.165) is 24.3 Å². The molecular formula is C16H24F2N5O9P. The van der Waals surface area contributed by atoms with E-state index < -0.39 is 62.4 Å². The van der Waals surface area contributed by atoms with Crippen molar-refractivity contribution >= 4 is 25.6 Å². The van der Waals surface area contributed by atoms with E-state index in [1.807, 2.05) is 5.09 Å². The van der Waals surface area contributed by atoms with Crippen LogP contribution in [0.15, 0.2) is 17.1 Å². The maximum absolute atomic E-state index is 14.6. The van der Waals surface area contributed by atoms with E-state index in [-0.39, 0.29) is 5.82 Å². The number of carbonyl (C=O) groups is 2. The normalized spacial score (nSPS) is 24.5. The van der Waals surface area contributed by atoms with Gasteiger partial charge in [-0.05, 0) is 13.0 Å². The summed E-state index contributed by atoms with van der Waals surface area (Å²) in [7, 11) is -0.750. The second-order valence-corrected chi connectivity index (χ2v) is 8.72. The predicted molar refractivity (Wildman–Crippen MR) is 106 cm³/mol. The van der Waals surface area contributed by atoms with Gasteiger partial charge in [-0.2, -0.15) is 13.8 Å². The Morgan fingerprint density at radius 2 is 2.09 bits per heavy atom. The van der Waals surface area contributed by atoms with E-state index in [4.69, 9.17) is 9.26 Å². The van der Waals surface area contributed by atoms with Gasteiger partial charge in [-0.3, -0.25) is 19.2 Å². The second kappa shape index (κ2) is 10.2. The molecule has 0 aliphatic carbocycles. The summed E-state index contributed by atoms with van der Waals surface area (Å²) >= 11 is 0. The number of aliphatic hydroxyl groups is 1. The molecule has 2 amide bonds. The average Bonchev–Trinajstić information content (AvgIpc) is 2.94. The van der Waals surface area contributed by atoms with Crippen LogP contribution in [0.3, 0.4) is 0 Å². The van der Waals surface area contributed by atoms with Gasteiger partial charge in [-0.15, -0.1) is 0 Å². The highest BCUT2D eigenvalue weighted by molar-refractivity contribution is 7.50. The lowest BCUT2D eigenvalue weighted by Gasteiger charge is -2.22. The number of ether oxygens (including phenoxy) is 2. The van der Waals surface area contributed by atoms with Crippen LogP contribution in [0, 0.1) is 0 Å². The molecule has 0 radical (unpaired) electrons. The van der Waals surface area contributed by atoms with Crippen LogP contribution in [0.4, 0.5) is 19.4 Å². The zero-order valence-electron chi connectivity index (χ0n) is 18.0. The number of aromatic nitrogens is 2. The Hall–Kier alpha value is -2.49. The maximum atomic E-state index is 14.6. The topological polar surface area (TPSA) is 182 Å². The highest BCUT2D eigenvalue weighted by Crippen LogP contribution is 2.44. The first kappa shape index (κ1) is 26.8. The Morgan fingerprint density at radius 1 is 1.45 bits per heavy atom. The van der Waals surface area contributed by atoms with Crippen molar-refractivity contribution in [3.8, 4) is 0 Å². The molecule has 186 valence electrons. The molecule has 1 aromatic heterocycles. The summed E-state index contributed by atoms with van der Waals surface area (Å²) in [6, 6.07) is -0.121. The van der Waals surface area contributed by atoms with Gasteiger partial charge in [0, 0.05) is 20.3 Å². The molecule has 0 aromatic carbocycles. The molecule has 2 heterocycles. The molecule has 0 bridgehead atoms. The fraction of sp³-hybridized carbons (Fsp3) is 0.625. The van der Waals surface area contributed by atoms with Gasteiger partial charge in [0.15, 0.2) is 6.10 Å². The van der Waals surface area contributed by atoms with Gasteiger partial charge in [0.25, 0.3) is 0 Å². The number of hydrogen-bond donors (Lipinski definition) is 4. The van der Waals surface area contributed by atoms with Crippen molar-refractivity contribution in [1.29, 1.82) is 0 Å². The van der Waals surface area contributed by atoms with Crippen LogP contribution < -0.4 is 16.1 Å². The summed E-state index contributed by atoms with van der Waals surface area (Å²) < 4.78 is 55.8. The lowest BCUT2D eigenvalue weighted by atomic mass is 10.1. The van der Waals surface area contributed by atoms with E-state index in [9.17, 15) is 37.7 Å². The van der Waals surface area contributed by atoms with Crippen molar-refractivity contribution in [2.24, 2.45) is 0 Å². The highest BCUT2D eigenvalue weighted by atomic mass is 31.2. The van der Waals surface area contributed by atoms with Crippen LogP contribution in [-0.2, 0) is 23.4 Å². The van der Waals surface area contributed by atoms with Crippen LogP contribution in [-0.4, -0.2) is 88.4 Å². The summed E-state index contributed by atoms with van der Waals surface area (Å²) in [6.07, 6.45) is -6.75. The van der Waals surface area contributed by atoms with E-state index in [1.54, 1.807) is 0 Å². The Balaban J connectivity index is 2.11. The van der Waals surface area contributed by atoms with Crippen LogP contribution in [0.5, 0.6) is 0 Å². The van der Waals surface area contributed by atoms with Crippen molar-refractivity contribution in [1.82, 2.24) is 19.5 Å². The largest absolute Gasteiger partial charge is 0.453 e. The smallest absolute Gasteiger partial charge is 0.412 e. The Bertz CT molecular complexity index is 991. The van der Waals surface area contributed by atoms with Crippen molar-refractivity contribution in [3.63, 3.8) is 0 Å². The van der Waals surface area contributed by atoms with Crippen molar-refractivity contribution in [2.45, 2.75) is 37.3 Å². The number of anilines is 1. The average molecular weight is 499 g/mol. The number of amides is 2. The number of aliphatic hydroxyl groups excluding tert-OH is 1. The molecule has 14 nitrogen and oxygen atoms in total. The summed E-state index contributed by atoms with van der Waals surface area (Å²) in [5.41, 5.74) is -1.24. The molecule has 2 rings (SSSR count). The lowest BCUT2D eigenvalue weighted by Crippen LogP contribution is -2.42. The van der Waals surface area contributed by atoms with E-state index in [2.05, 4.69) is 15.0 Å². The van der Waals surface area contributed by atoms with E-state index in [0.29, 0.717) is 4.57 Å². The third kappa shape index (κ3) is 6.31. The first-order valence-electron chi connectivity index (χ1n) is 9.31. The van der Waals surface area contributed by atoms with Crippen molar-refractivity contribution in [3.05, 3.63) is 22.7 Å². The van der Waals surface area contributed by atoms with E-state index >= 15 is 0 Å². The molecule has 1 unspecified atom stereocenters. The van der Waals surface area contributed by atoms with Gasteiger partial charge in [0.2, 0.25) is 12.1 Å². The molecule has 1 aliphatic heterocycles. The van der Waals surface area contributed by atoms with Gasteiger partial charge in [-0.25, -0.2) is 19.2 Å². The zero-order chi connectivity index (χ0) is 25.1. The molecule has 4 N–H and O–H groups in total. The monoisotopic (exact) mass is 499 g/mol. The Labute approximate surface area is 186 Å². The molecule has 17 heteroatoms. The van der Waals surface area contributed by atoms with Crippen LogP contribution >= 0.6 is 7.75 Å². The summed E-state index contributed by atoms with van der Waals surface area (Å²) in [5.74, 6) is -4.84. The third-order valence-electron chi connectivity index (χ3n) is 4.46.